The van der Waals surface area contributed by atoms with Crippen LogP contribution < -0.4 is 5.32 Å². The zero-order chi connectivity index (χ0) is 13.2. The predicted octanol–water partition coefficient (Wildman–Crippen LogP) is -1.23. The molecule has 0 aliphatic carbocycles. The van der Waals surface area contributed by atoms with E-state index in [1.165, 1.54) is 11.9 Å². The first kappa shape index (κ1) is 13.4. The molecule has 0 atom stereocenters. The number of aliphatic hydroxyl groups is 1. The number of likely N-dealkylation sites (N-methyl/N-ethyl adjacent to an activating group) is 1. The van der Waals surface area contributed by atoms with E-state index < -0.39 is 23.4 Å². The molecule has 0 aromatic carbocycles. The second kappa shape index (κ2) is 4.70. The second-order valence-electron chi connectivity index (χ2n) is 4.71. The van der Waals surface area contributed by atoms with Crippen molar-refractivity contribution in [3.05, 3.63) is 0 Å². The van der Waals surface area contributed by atoms with Gasteiger partial charge in [0.2, 0.25) is 5.91 Å². The Balaban J connectivity index is 2.58. The van der Waals surface area contributed by atoms with Crippen molar-refractivity contribution in [2.45, 2.75) is 19.4 Å². The molecule has 2 N–H and O–H groups in total. The topological polar surface area (TPSA) is 90.0 Å². The normalized spacial score (nSPS) is 16.7. The highest BCUT2D eigenvalue weighted by Crippen LogP contribution is 2.07. The SMILES string of the molecule is CN1CC(=O)N(CC(=O)NC(C)(C)CO)C1=O. The lowest BCUT2D eigenvalue weighted by atomic mass is 10.1. The summed E-state index contributed by atoms with van der Waals surface area (Å²) in [4.78, 5) is 36.6. The van der Waals surface area contributed by atoms with Crippen LogP contribution in [-0.4, -0.2) is 65.0 Å². The van der Waals surface area contributed by atoms with E-state index in [-0.39, 0.29) is 19.7 Å². The molecule has 17 heavy (non-hydrogen) atoms. The summed E-state index contributed by atoms with van der Waals surface area (Å²) in [6.07, 6.45) is 0. The van der Waals surface area contributed by atoms with Gasteiger partial charge in [0.1, 0.15) is 13.1 Å². The van der Waals surface area contributed by atoms with Gasteiger partial charge >= 0.3 is 6.03 Å². The maximum absolute atomic E-state index is 11.6. The van der Waals surface area contributed by atoms with Gasteiger partial charge in [0.05, 0.1) is 12.1 Å². The fourth-order valence-corrected chi connectivity index (χ4v) is 1.42. The van der Waals surface area contributed by atoms with Crippen LogP contribution in [0.15, 0.2) is 0 Å². The molecule has 7 nitrogen and oxygen atoms in total. The molecule has 1 aliphatic heterocycles. The molecule has 1 rings (SSSR count). The van der Waals surface area contributed by atoms with Gasteiger partial charge in [-0.05, 0) is 13.8 Å². The van der Waals surface area contributed by atoms with Crippen LogP contribution in [0.1, 0.15) is 13.8 Å². The highest BCUT2D eigenvalue weighted by molar-refractivity contribution is 6.04. The van der Waals surface area contributed by atoms with Gasteiger partial charge < -0.3 is 15.3 Å². The fraction of sp³-hybridized carbons (Fsp3) is 0.700. The average Bonchev–Trinajstić information content (AvgIpc) is 2.44. The van der Waals surface area contributed by atoms with E-state index in [9.17, 15) is 14.4 Å². The number of imide groups is 1. The van der Waals surface area contributed by atoms with E-state index in [0.717, 1.165) is 4.90 Å². The van der Waals surface area contributed by atoms with Crippen molar-refractivity contribution in [1.82, 2.24) is 15.1 Å². The van der Waals surface area contributed by atoms with Crippen molar-refractivity contribution in [2.75, 3.05) is 26.7 Å². The molecule has 0 aromatic heterocycles. The number of amides is 4. The van der Waals surface area contributed by atoms with Gasteiger partial charge in [-0.15, -0.1) is 0 Å². The summed E-state index contributed by atoms with van der Waals surface area (Å²) in [6.45, 7) is 2.75. The Kier molecular flexibility index (Phi) is 3.72. The molecule has 1 heterocycles. The first-order chi connectivity index (χ1) is 7.76. The van der Waals surface area contributed by atoms with Gasteiger partial charge in [0, 0.05) is 7.05 Å². The lowest BCUT2D eigenvalue weighted by Crippen LogP contribution is -2.50. The number of urea groups is 1. The minimum atomic E-state index is -0.769. The Morgan fingerprint density at radius 1 is 1.47 bits per heavy atom. The summed E-state index contributed by atoms with van der Waals surface area (Å²) in [6, 6.07) is -0.480. The van der Waals surface area contributed by atoms with Crippen LogP contribution in [0.4, 0.5) is 4.79 Å². The fourth-order valence-electron chi connectivity index (χ4n) is 1.42. The van der Waals surface area contributed by atoms with Crippen molar-refractivity contribution in [3.8, 4) is 0 Å². The highest BCUT2D eigenvalue weighted by Gasteiger charge is 2.35. The zero-order valence-electron chi connectivity index (χ0n) is 10.2. The molecule has 1 fully saturated rings. The van der Waals surface area contributed by atoms with Gasteiger partial charge in [-0.25, -0.2) is 4.79 Å². The number of hydrogen-bond acceptors (Lipinski definition) is 4. The molecule has 7 heteroatoms. The molecule has 0 spiro atoms. The maximum atomic E-state index is 11.6. The molecule has 96 valence electrons. The molecule has 0 aromatic rings. The van der Waals surface area contributed by atoms with Gasteiger partial charge in [0.25, 0.3) is 5.91 Å². The van der Waals surface area contributed by atoms with Gasteiger partial charge in [0.15, 0.2) is 0 Å². The Bertz CT molecular complexity index is 353. The Morgan fingerprint density at radius 2 is 2.06 bits per heavy atom. The Labute approximate surface area is 99.4 Å². The number of rotatable bonds is 4. The monoisotopic (exact) mass is 243 g/mol. The molecule has 0 bridgehead atoms. The smallest absolute Gasteiger partial charge is 0.327 e. The van der Waals surface area contributed by atoms with E-state index in [1.807, 2.05) is 0 Å². The van der Waals surface area contributed by atoms with Crippen LogP contribution in [0, 0.1) is 0 Å². The Hall–Kier alpha value is -1.63. The van der Waals surface area contributed by atoms with Gasteiger partial charge in [-0.3, -0.25) is 14.5 Å². The summed E-state index contributed by atoms with van der Waals surface area (Å²) >= 11 is 0. The number of nitrogens with one attached hydrogen (secondary N) is 1. The third kappa shape index (κ3) is 3.16. The maximum Gasteiger partial charge on any atom is 0.327 e. The minimum Gasteiger partial charge on any atom is -0.394 e. The molecule has 0 radical (unpaired) electrons. The van der Waals surface area contributed by atoms with Crippen LogP contribution in [-0.2, 0) is 9.59 Å². The number of carbonyl (C=O) groups is 3. The number of carbonyl (C=O) groups excluding carboxylic acids is 3. The molecule has 1 aliphatic rings. The second-order valence-corrected chi connectivity index (χ2v) is 4.71. The molecule has 4 amide bonds. The van der Waals surface area contributed by atoms with E-state index in [1.54, 1.807) is 13.8 Å². The summed E-state index contributed by atoms with van der Waals surface area (Å²) < 4.78 is 0. The van der Waals surface area contributed by atoms with Crippen molar-refractivity contribution in [1.29, 1.82) is 0 Å². The summed E-state index contributed by atoms with van der Waals surface area (Å²) in [5.41, 5.74) is -0.769. The van der Waals surface area contributed by atoms with Crippen molar-refractivity contribution in [3.63, 3.8) is 0 Å². The van der Waals surface area contributed by atoms with Crippen LogP contribution >= 0.6 is 0 Å². The van der Waals surface area contributed by atoms with E-state index >= 15 is 0 Å². The van der Waals surface area contributed by atoms with Crippen molar-refractivity contribution >= 4 is 17.8 Å². The average molecular weight is 243 g/mol. The van der Waals surface area contributed by atoms with Crippen molar-refractivity contribution in [2.24, 2.45) is 0 Å². The highest BCUT2D eigenvalue weighted by atomic mass is 16.3. The quantitative estimate of drug-likeness (QED) is 0.605. The first-order valence-electron chi connectivity index (χ1n) is 5.24. The molecule has 1 saturated heterocycles. The lowest BCUT2D eigenvalue weighted by molar-refractivity contribution is -0.131. The summed E-state index contributed by atoms with van der Waals surface area (Å²) in [5, 5.41) is 11.5. The largest absolute Gasteiger partial charge is 0.394 e. The number of nitrogens with zero attached hydrogens (tertiary/aromatic N) is 2. The Morgan fingerprint density at radius 3 is 2.47 bits per heavy atom. The molecule has 0 saturated carbocycles. The number of aliphatic hydroxyl groups excluding tert-OH is 1. The first-order valence-corrected chi connectivity index (χ1v) is 5.24. The molecule has 0 unspecified atom stereocenters. The van der Waals surface area contributed by atoms with Crippen molar-refractivity contribution < 1.29 is 19.5 Å². The van der Waals surface area contributed by atoms with Crippen LogP contribution in [0.25, 0.3) is 0 Å². The summed E-state index contributed by atoms with van der Waals surface area (Å²) in [5.74, 6) is -0.865. The van der Waals surface area contributed by atoms with E-state index in [4.69, 9.17) is 5.11 Å². The third-order valence-corrected chi connectivity index (χ3v) is 2.41. The predicted molar refractivity (Wildman–Crippen MR) is 59.0 cm³/mol. The van der Waals surface area contributed by atoms with Gasteiger partial charge in [-0.1, -0.05) is 0 Å². The van der Waals surface area contributed by atoms with Crippen LogP contribution in [0.2, 0.25) is 0 Å². The molecular formula is C10H17N3O4. The number of hydrogen-bond donors (Lipinski definition) is 2. The summed E-state index contributed by atoms with van der Waals surface area (Å²) in [7, 11) is 1.50. The zero-order valence-corrected chi connectivity index (χ0v) is 10.2. The minimum absolute atomic E-state index is 0.00446. The van der Waals surface area contributed by atoms with Crippen LogP contribution in [0.3, 0.4) is 0 Å². The van der Waals surface area contributed by atoms with E-state index in [0.29, 0.717) is 0 Å². The van der Waals surface area contributed by atoms with Crippen LogP contribution in [0.5, 0.6) is 0 Å². The van der Waals surface area contributed by atoms with E-state index in [2.05, 4.69) is 5.32 Å². The lowest BCUT2D eigenvalue weighted by Gasteiger charge is -2.24. The third-order valence-electron chi connectivity index (χ3n) is 2.41. The molecular weight excluding hydrogens is 226 g/mol. The van der Waals surface area contributed by atoms with Gasteiger partial charge in [-0.2, -0.15) is 0 Å². The standard InChI is InChI=1S/C10H17N3O4/c1-10(2,6-14)11-7(15)4-13-8(16)5-12(3)9(13)17/h14H,4-6H2,1-3H3,(H,11,15).